The summed E-state index contributed by atoms with van der Waals surface area (Å²) in [5.41, 5.74) is 2.43. The topological polar surface area (TPSA) is 35.5 Å². The number of unbranched alkanes of at least 4 members (excludes halogenated alkanes) is 1. The molecule has 37 heavy (non-hydrogen) atoms. The van der Waals surface area contributed by atoms with Crippen LogP contribution in [0.1, 0.15) is 52.4 Å². The summed E-state index contributed by atoms with van der Waals surface area (Å²) in [6.07, 6.45) is 7.90. The molecule has 3 aromatic rings. The maximum Gasteiger partial charge on any atom is 0.339 e. The zero-order chi connectivity index (χ0) is 26.4. The molecule has 1 aliphatic rings. The van der Waals surface area contributed by atoms with E-state index in [4.69, 9.17) is 9.47 Å². The van der Waals surface area contributed by atoms with Crippen LogP contribution in [0, 0.1) is 23.4 Å². The molecule has 0 fully saturated rings. The first kappa shape index (κ1) is 26.5. The monoisotopic (exact) mass is 508 g/mol. The van der Waals surface area contributed by atoms with Crippen molar-refractivity contribution in [2.45, 2.75) is 52.4 Å². The molecule has 0 spiro atoms. The minimum absolute atomic E-state index is 0.106. The van der Waals surface area contributed by atoms with E-state index >= 15 is 0 Å². The number of ether oxygens (including phenoxy) is 2. The number of carbonyl (C=O) groups excluding carboxylic acids is 1. The van der Waals surface area contributed by atoms with Crippen LogP contribution in [-0.2, 0) is 4.79 Å². The maximum absolute atomic E-state index is 14.8. The quantitative estimate of drug-likeness (QED) is 0.214. The standard InChI is InChI=1S/C31H31F3O3/c1-3-5-6-20-7-9-23(10-8-20)31(35)37-27-17-15-24(19-26(27)32)21-11-13-22(14-12-21)25-16-18-28(36-4-2)30(34)29(25)33/h9,11-20H,3-8,10H2,1-2H3. The second-order valence-electron chi connectivity index (χ2n) is 9.30. The van der Waals surface area contributed by atoms with Crippen molar-refractivity contribution >= 4 is 5.97 Å². The average Bonchev–Trinajstić information content (AvgIpc) is 2.92. The van der Waals surface area contributed by atoms with E-state index in [9.17, 15) is 18.0 Å². The summed E-state index contributed by atoms with van der Waals surface area (Å²) in [6, 6.07) is 13.9. The lowest BCUT2D eigenvalue weighted by Crippen LogP contribution is -2.16. The van der Waals surface area contributed by atoms with Crippen LogP contribution < -0.4 is 9.47 Å². The largest absolute Gasteiger partial charge is 0.491 e. The highest BCUT2D eigenvalue weighted by Crippen LogP contribution is 2.33. The third-order valence-corrected chi connectivity index (χ3v) is 6.76. The predicted molar refractivity (Wildman–Crippen MR) is 139 cm³/mol. The van der Waals surface area contributed by atoms with Crippen LogP contribution in [0.4, 0.5) is 13.2 Å². The van der Waals surface area contributed by atoms with Gasteiger partial charge in [-0.3, -0.25) is 0 Å². The van der Waals surface area contributed by atoms with E-state index in [1.165, 1.54) is 37.1 Å². The van der Waals surface area contributed by atoms with Crippen LogP contribution in [0.5, 0.6) is 11.5 Å². The summed E-state index contributed by atoms with van der Waals surface area (Å²) < 4.78 is 54.1. The number of halogens is 3. The van der Waals surface area contributed by atoms with Gasteiger partial charge in [-0.15, -0.1) is 0 Å². The van der Waals surface area contributed by atoms with E-state index in [0.717, 1.165) is 19.3 Å². The van der Waals surface area contributed by atoms with Gasteiger partial charge in [0.2, 0.25) is 5.82 Å². The first-order chi connectivity index (χ1) is 17.9. The molecular weight excluding hydrogens is 477 g/mol. The fourth-order valence-electron chi connectivity index (χ4n) is 4.62. The van der Waals surface area contributed by atoms with Crippen molar-refractivity contribution in [3.05, 3.63) is 83.7 Å². The summed E-state index contributed by atoms with van der Waals surface area (Å²) in [6.45, 7) is 4.10. The lowest BCUT2D eigenvalue weighted by Gasteiger charge is -2.21. The van der Waals surface area contributed by atoms with Crippen molar-refractivity contribution in [3.8, 4) is 33.8 Å². The molecule has 3 aromatic carbocycles. The van der Waals surface area contributed by atoms with Crippen molar-refractivity contribution in [2.24, 2.45) is 5.92 Å². The van der Waals surface area contributed by atoms with Crippen LogP contribution in [-0.4, -0.2) is 12.6 Å². The summed E-state index contributed by atoms with van der Waals surface area (Å²) in [5.74, 6) is -2.82. The highest BCUT2D eigenvalue weighted by Gasteiger charge is 2.21. The van der Waals surface area contributed by atoms with Crippen molar-refractivity contribution in [2.75, 3.05) is 6.61 Å². The highest BCUT2D eigenvalue weighted by molar-refractivity contribution is 5.90. The zero-order valence-corrected chi connectivity index (χ0v) is 21.2. The number of benzene rings is 3. The van der Waals surface area contributed by atoms with Gasteiger partial charge in [0.25, 0.3) is 0 Å². The normalized spacial score (nSPS) is 15.3. The Morgan fingerprint density at radius 2 is 1.59 bits per heavy atom. The Hall–Kier alpha value is -3.54. The second kappa shape index (κ2) is 12.1. The minimum atomic E-state index is -1.03. The molecule has 0 amide bonds. The van der Waals surface area contributed by atoms with Gasteiger partial charge >= 0.3 is 5.97 Å². The third-order valence-electron chi connectivity index (χ3n) is 6.76. The number of rotatable bonds is 9. The first-order valence-corrected chi connectivity index (χ1v) is 12.8. The summed E-state index contributed by atoms with van der Waals surface area (Å²) in [4.78, 5) is 12.6. The van der Waals surface area contributed by atoms with E-state index in [0.29, 0.717) is 34.6 Å². The maximum atomic E-state index is 14.8. The van der Waals surface area contributed by atoms with Gasteiger partial charge in [0.05, 0.1) is 6.61 Å². The summed E-state index contributed by atoms with van der Waals surface area (Å²) in [7, 11) is 0. The zero-order valence-electron chi connectivity index (χ0n) is 21.2. The number of hydrogen-bond acceptors (Lipinski definition) is 3. The van der Waals surface area contributed by atoms with E-state index < -0.39 is 23.4 Å². The molecule has 0 aromatic heterocycles. The molecule has 0 N–H and O–H groups in total. The van der Waals surface area contributed by atoms with Gasteiger partial charge in [0.15, 0.2) is 23.1 Å². The predicted octanol–water partition coefficient (Wildman–Crippen LogP) is 8.66. The van der Waals surface area contributed by atoms with Crippen molar-refractivity contribution < 1.29 is 27.4 Å². The van der Waals surface area contributed by atoms with Gasteiger partial charge in [-0.2, -0.15) is 4.39 Å². The number of allylic oxidation sites excluding steroid dienone is 1. The SMILES string of the molecule is CCCCC1CC=C(C(=O)Oc2ccc(-c3ccc(-c4ccc(OCC)c(F)c4F)cc3)cc2F)CC1. The van der Waals surface area contributed by atoms with E-state index in [-0.39, 0.29) is 23.7 Å². The smallest absolute Gasteiger partial charge is 0.339 e. The molecule has 1 atom stereocenters. The van der Waals surface area contributed by atoms with Crippen molar-refractivity contribution in [3.63, 3.8) is 0 Å². The Bertz CT molecular complexity index is 1280. The molecule has 0 bridgehead atoms. The molecule has 0 saturated carbocycles. The molecule has 0 heterocycles. The molecule has 1 aliphatic carbocycles. The van der Waals surface area contributed by atoms with E-state index in [1.54, 1.807) is 37.3 Å². The molecular formula is C31H31F3O3. The Kier molecular flexibility index (Phi) is 8.70. The van der Waals surface area contributed by atoms with Gasteiger partial charge in [-0.05, 0) is 73.1 Å². The number of hydrogen-bond donors (Lipinski definition) is 0. The van der Waals surface area contributed by atoms with Crippen molar-refractivity contribution in [1.82, 2.24) is 0 Å². The van der Waals surface area contributed by atoms with Crippen molar-refractivity contribution in [1.29, 1.82) is 0 Å². The van der Waals surface area contributed by atoms with Crippen LogP contribution in [0.25, 0.3) is 22.3 Å². The molecule has 0 radical (unpaired) electrons. The Morgan fingerprint density at radius 3 is 2.24 bits per heavy atom. The van der Waals surface area contributed by atoms with E-state index in [1.807, 2.05) is 6.08 Å². The molecule has 194 valence electrons. The van der Waals surface area contributed by atoms with Crippen LogP contribution in [0.15, 0.2) is 66.2 Å². The lowest BCUT2D eigenvalue weighted by molar-refractivity contribution is -0.130. The van der Waals surface area contributed by atoms with Crippen LogP contribution in [0.2, 0.25) is 0 Å². The molecule has 1 unspecified atom stereocenters. The Balaban J connectivity index is 1.44. The Morgan fingerprint density at radius 1 is 0.892 bits per heavy atom. The second-order valence-corrected chi connectivity index (χ2v) is 9.30. The lowest BCUT2D eigenvalue weighted by atomic mass is 9.86. The summed E-state index contributed by atoms with van der Waals surface area (Å²) in [5, 5.41) is 0. The minimum Gasteiger partial charge on any atom is -0.491 e. The fourth-order valence-corrected chi connectivity index (χ4v) is 4.62. The summed E-state index contributed by atoms with van der Waals surface area (Å²) >= 11 is 0. The van der Waals surface area contributed by atoms with Gasteiger partial charge in [-0.25, -0.2) is 13.6 Å². The highest BCUT2D eigenvalue weighted by atomic mass is 19.2. The van der Waals surface area contributed by atoms with Crippen LogP contribution >= 0.6 is 0 Å². The number of esters is 1. The molecule has 3 nitrogen and oxygen atoms in total. The average molecular weight is 509 g/mol. The van der Waals surface area contributed by atoms with Gasteiger partial charge < -0.3 is 9.47 Å². The molecule has 0 aliphatic heterocycles. The van der Waals surface area contributed by atoms with Gasteiger partial charge in [0.1, 0.15) is 0 Å². The van der Waals surface area contributed by atoms with Crippen LogP contribution in [0.3, 0.4) is 0 Å². The fraction of sp³-hybridized carbons (Fsp3) is 0.323. The molecule has 4 rings (SSSR count). The number of carbonyl (C=O) groups is 1. The Labute approximate surface area is 215 Å². The third kappa shape index (κ3) is 6.24. The first-order valence-electron chi connectivity index (χ1n) is 12.8. The van der Waals surface area contributed by atoms with E-state index in [2.05, 4.69) is 6.92 Å². The molecule has 6 heteroatoms. The van der Waals surface area contributed by atoms with Gasteiger partial charge in [0, 0.05) is 11.1 Å². The molecule has 0 saturated heterocycles. The van der Waals surface area contributed by atoms with Gasteiger partial charge in [-0.1, -0.05) is 62.6 Å².